The number of aliphatic hydroxyl groups is 1. The fourth-order valence-corrected chi connectivity index (χ4v) is 3.10. The molecule has 0 unspecified atom stereocenters. The summed E-state index contributed by atoms with van der Waals surface area (Å²) in [7, 11) is 1.60. The van der Waals surface area contributed by atoms with Crippen LogP contribution in [0.2, 0.25) is 0 Å². The summed E-state index contributed by atoms with van der Waals surface area (Å²) in [5.41, 5.74) is 0.783. The maximum absolute atomic E-state index is 12.8. The monoisotopic (exact) mass is 330 g/mol. The van der Waals surface area contributed by atoms with Crippen molar-refractivity contribution in [2.75, 3.05) is 25.2 Å². The summed E-state index contributed by atoms with van der Waals surface area (Å²) in [6.07, 6.45) is 2.78. The molecule has 0 spiro atoms. The fraction of sp³-hybridized carbons (Fsp3) is 0.389. The lowest BCUT2D eigenvalue weighted by molar-refractivity contribution is -0.119. The molecule has 3 rings (SSSR count). The quantitative estimate of drug-likeness (QED) is 0.813. The Morgan fingerprint density at radius 2 is 2.21 bits per heavy atom. The molecule has 24 heavy (non-hydrogen) atoms. The molecule has 6 heteroatoms. The van der Waals surface area contributed by atoms with Crippen molar-refractivity contribution in [2.24, 2.45) is 0 Å². The second kappa shape index (κ2) is 7.51. The van der Waals surface area contributed by atoms with Gasteiger partial charge in [-0.05, 0) is 37.1 Å². The molecule has 1 amide bonds. The number of aliphatic hydroxyl groups excluding tert-OH is 1. The van der Waals surface area contributed by atoms with Gasteiger partial charge in [0.1, 0.15) is 11.5 Å². The van der Waals surface area contributed by atoms with Gasteiger partial charge in [-0.2, -0.15) is 0 Å². The first kappa shape index (κ1) is 16.5. The molecule has 2 aromatic rings. The molecule has 1 aromatic carbocycles. The summed E-state index contributed by atoms with van der Waals surface area (Å²) >= 11 is 0. The van der Waals surface area contributed by atoms with Crippen LogP contribution in [0.3, 0.4) is 0 Å². The van der Waals surface area contributed by atoms with E-state index < -0.39 is 0 Å². The van der Waals surface area contributed by atoms with Crippen molar-refractivity contribution in [1.82, 2.24) is 5.32 Å². The molecular formula is C18H22N2O4. The summed E-state index contributed by atoms with van der Waals surface area (Å²) in [5, 5.41) is 12.6. The first-order chi connectivity index (χ1) is 11.7. The average molecular weight is 330 g/mol. The SMILES string of the molecule is COc1ccccc1N1CC[C@@H](N[C@@H](CCO)c2ccco2)C1=O. The summed E-state index contributed by atoms with van der Waals surface area (Å²) in [5.74, 6) is 1.42. The molecule has 1 aromatic heterocycles. The Labute approximate surface area is 141 Å². The summed E-state index contributed by atoms with van der Waals surface area (Å²) in [6.45, 7) is 0.649. The van der Waals surface area contributed by atoms with Gasteiger partial charge in [0.2, 0.25) is 5.91 Å². The number of carbonyl (C=O) groups excluding carboxylic acids is 1. The minimum Gasteiger partial charge on any atom is -0.495 e. The number of methoxy groups -OCH3 is 1. The molecule has 0 saturated carbocycles. The first-order valence-corrected chi connectivity index (χ1v) is 8.09. The van der Waals surface area contributed by atoms with Crippen LogP contribution in [0.4, 0.5) is 5.69 Å². The van der Waals surface area contributed by atoms with Crippen LogP contribution in [-0.4, -0.2) is 37.3 Å². The van der Waals surface area contributed by atoms with Gasteiger partial charge in [-0.25, -0.2) is 0 Å². The van der Waals surface area contributed by atoms with Gasteiger partial charge in [0, 0.05) is 13.2 Å². The Kier molecular flexibility index (Phi) is 5.17. The van der Waals surface area contributed by atoms with Crippen molar-refractivity contribution in [3.05, 3.63) is 48.4 Å². The number of furan rings is 1. The van der Waals surface area contributed by atoms with Crippen LogP contribution in [0, 0.1) is 0 Å². The largest absolute Gasteiger partial charge is 0.495 e. The highest BCUT2D eigenvalue weighted by atomic mass is 16.5. The van der Waals surface area contributed by atoms with Gasteiger partial charge >= 0.3 is 0 Å². The van der Waals surface area contributed by atoms with Crippen molar-refractivity contribution in [3.8, 4) is 5.75 Å². The second-order valence-corrected chi connectivity index (χ2v) is 5.75. The summed E-state index contributed by atoms with van der Waals surface area (Å²) in [6, 6.07) is 10.7. The summed E-state index contributed by atoms with van der Waals surface area (Å²) < 4.78 is 10.8. The van der Waals surface area contributed by atoms with Crippen LogP contribution in [0.25, 0.3) is 0 Å². The van der Waals surface area contributed by atoms with E-state index >= 15 is 0 Å². The fourth-order valence-electron chi connectivity index (χ4n) is 3.10. The van der Waals surface area contributed by atoms with Gasteiger partial charge in [-0.3, -0.25) is 10.1 Å². The van der Waals surface area contributed by atoms with Gasteiger partial charge in [-0.15, -0.1) is 0 Å². The molecule has 2 heterocycles. The minimum atomic E-state index is -0.309. The van der Waals surface area contributed by atoms with Gasteiger partial charge in [0.05, 0.1) is 31.1 Å². The molecule has 0 bridgehead atoms. The Bertz CT molecular complexity index is 671. The van der Waals surface area contributed by atoms with Crippen LogP contribution in [0.5, 0.6) is 5.75 Å². The third-order valence-corrected chi connectivity index (χ3v) is 4.29. The van der Waals surface area contributed by atoms with E-state index in [9.17, 15) is 9.90 Å². The normalized spacial score (nSPS) is 18.8. The van der Waals surface area contributed by atoms with Crippen molar-refractivity contribution in [1.29, 1.82) is 0 Å². The zero-order valence-corrected chi connectivity index (χ0v) is 13.6. The van der Waals surface area contributed by atoms with Gasteiger partial charge < -0.3 is 19.2 Å². The second-order valence-electron chi connectivity index (χ2n) is 5.75. The Morgan fingerprint density at radius 3 is 2.92 bits per heavy atom. The number of ether oxygens (including phenoxy) is 1. The molecule has 1 aliphatic heterocycles. The number of hydrogen-bond donors (Lipinski definition) is 2. The molecule has 1 fully saturated rings. The number of benzene rings is 1. The first-order valence-electron chi connectivity index (χ1n) is 8.09. The van der Waals surface area contributed by atoms with Crippen molar-refractivity contribution in [2.45, 2.75) is 24.9 Å². The van der Waals surface area contributed by atoms with E-state index in [1.807, 2.05) is 30.3 Å². The average Bonchev–Trinajstić information content (AvgIpc) is 3.25. The number of para-hydroxylation sites is 2. The number of amides is 1. The van der Waals surface area contributed by atoms with Gasteiger partial charge in [0.15, 0.2) is 0 Å². The standard InChI is InChI=1S/C18H22N2O4/c1-23-17-6-3-2-5-15(17)20-10-8-14(18(20)22)19-13(9-11-21)16-7-4-12-24-16/h2-7,12-14,19,21H,8-11H2,1H3/t13-,14+/m0/s1. The highest BCUT2D eigenvalue weighted by Crippen LogP contribution is 2.31. The molecule has 0 aliphatic carbocycles. The van der Waals surface area contributed by atoms with E-state index in [4.69, 9.17) is 9.15 Å². The zero-order valence-electron chi connectivity index (χ0n) is 13.6. The Hall–Kier alpha value is -2.31. The molecule has 6 nitrogen and oxygen atoms in total. The third-order valence-electron chi connectivity index (χ3n) is 4.29. The lowest BCUT2D eigenvalue weighted by Gasteiger charge is -2.22. The summed E-state index contributed by atoms with van der Waals surface area (Å²) in [4.78, 5) is 14.5. The smallest absolute Gasteiger partial charge is 0.244 e. The number of anilines is 1. The van der Waals surface area contributed by atoms with E-state index in [1.54, 1.807) is 24.3 Å². The predicted molar refractivity (Wildman–Crippen MR) is 90.0 cm³/mol. The van der Waals surface area contributed by atoms with Crippen LogP contribution < -0.4 is 15.0 Å². The maximum atomic E-state index is 12.8. The number of carbonyl (C=O) groups is 1. The van der Waals surface area contributed by atoms with E-state index in [0.717, 1.165) is 11.4 Å². The minimum absolute atomic E-state index is 0.00833. The van der Waals surface area contributed by atoms with E-state index in [0.29, 0.717) is 25.1 Å². The molecule has 128 valence electrons. The topological polar surface area (TPSA) is 74.9 Å². The third kappa shape index (κ3) is 3.29. The lowest BCUT2D eigenvalue weighted by Crippen LogP contribution is -2.40. The van der Waals surface area contributed by atoms with Crippen molar-refractivity contribution >= 4 is 11.6 Å². The number of rotatable bonds is 7. The van der Waals surface area contributed by atoms with E-state index in [1.165, 1.54) is 0 Å². The van der Waals surface area contributed by atoms with Crippen LogP contribution in [-0.2, 0) is 4.79 Å². The molecular weight excluding hydrogens is 308 g/mol. The Morgan fingerprint density at radius 1 is 1.38 bits per heavy atom. The Balaban J connectivity index is 1.74. The number of hydrogen-bond acceptors (Lipinski definition) is 5. The molecule has 2 N–H and O–H groups in total. The van der Waals surface area contributed by atoms with Crippen LogP contribution >= 0.6 is 0 Å². The van der Waals surface area contributed by atoms with Gasteiger partial charge in [0.25, 0.3) is 0 Å². The highest BCUT2D eigenvalue weighted by molar-refractivity contribution is 6.00. The number of nitrogens with zero attached hydrogens (tertiary/aromatic N) is 1. The molecule has 2 atom stereocenters. The predicted octanol–water partition coefficient (Wildman–Crippen LogP) is 2.11. The number of nitrogens with one attached hydrogen (secondary N) is 1. The molecule has 0 radical (unpaired) electrons. The molecule has 1 saturated heterocycles. The van der Waals surface area contributed by atoms with Gasteiger partial charge in [-0.1, -0.05) is 12.1 Å². The maximum Gasteiger partial charge on any atom is 0.244 e. The highest BCUT2D eigenvalue weighted by Gasteiger charge is 2.35. The van der Waals surface area contributed by atoms with Crippen molar-refractivity contribution in [3.63, 3.8) is 0 Å². The van der Waals surface area contributed by atoms with Crippen LogP contribution in [0.1, 0.15) is 24.6 Å². The zero-order chi connectivity index (χ0) is 16.9. The van der Waals surface area contributed by atoms with E-state index in [-0.39, 0.29) is 24.6 Å². The van der Waals surface area contributed by atoms with Crippen LogP contribution in [0.15, 0.2) is 47.1 Å². The van der Waals surface area contributed by atoms with Crippen molar-refractivity contribution < 1.29 is 19.1 Å². The molecule has 1 aliphatic rings. The lowest BCUT2D eigenvalue weighted by atomic mass is 10.1. The van der Waals surface area contributed by atoms with E-state index in [2.05, 4.69) is 5.32 Å².